The number of esters is 1. The van der Waals surface area contributed by atoms with Gasteiger partial charge in [-0.25, -0.2) is 14.6 Å². The molecule has 3 aromatic rings. The number of aromatic nitrogens is 1. The highest BCUT2D eigenvalue weighted by atomic mass is 19.4. The molecule has 3 heterocycles. The summed E-state index contributed by atoms with van der Waals surface area (Å²) in [6.45, 7) is 1.37. The lowest BCUT2D eigenvalue weighted by Crippen LogP contribution is -2.48. The van der Waals surface area contributed by atoms with Gasteiger partial charge in [0.2, 0.25) is 0 Å². The maximum Gasteiger partial charge on any atom is 0.416 e. The number of urea groups is 1. The quantitative estimate of drug-likeness (QED) is 0.521. The molecule has 1 saturated heterocycles. The predicted molar refractivity (Wildman–Crippen MR) is 125 cm³/mol. The summed E-state index contributed by atoms with van der Waals surface area (Å²) in [5.41, 5.74) is 1.33. The topological polar surface area (TPSA) is 74.8 Å². The standard InChI is InChI=1S/C25H21F3N4O3/c1-35-23(33)16-5-3-7-18(13-16)29-24(34)32-19-10-11-31(14-19)21-9-8-20(30-22(21)32)15-4-2-6-17(12-15)25(26,27)28/h2-9,12-13,19H,10-11,14H2,1H3,(H,29,34)/t19-/m0/s1. The molecule has 1 atom stereocenters. The zero-order chi connectivity index (χ0) is 24.7. The van der Waals surface area contributed by atoms with Crippen molar-refractivity contribution in [2.75, 3.05) is 35.3 Å². The van der Waals surface area contributed by atoms with Gasteiger partial charge in [-0.2, -0.15) is 13.2 Å². The molecule has 0 saturated carbocycles. The first-order valence-corrected chi connectivity index (χ1v) is 11.0. The lowest BCUT2D eigenvalue weighted by molar-refractivity contribution is -0.137. The fourth-order valence-electron chi connectivity index (χ4n) is 4.51. The Hall–Kier alpha value is -4.08. The summed E-state index contributed by atoms with van der Waals surface area (Å²) in [7, 11) is 1.28. The van der Waals surface area contributed by atoms with Crippen LogP contribution < -0.4 is 15.1 Å². The van der Waals surface area contributed by atoms with Crippen molar-refractivity contribution in [3.8, 4) is 11.3 Å². The number of halogens is 3. The third-order valence-corrected chi connectivity index (χ3v) is 6.19. The van der Waals surface area contributed by atoms with Crippen LogP contribution in [0.25, 0.3) is 11.3 Å². The number of amides is 2. The summed E-state index contributed by atoms with van der Waals surface area (Å²) in [6, 6.07) is 14.2. The van der Waals surface area contributed by atoms with Gasteiger partial charge < -0.3 is 15.0 Å². The van der Waals surface area contributed by atoms with Crippen molar-refractivity contribution in [1.29, 1.82) is 0 Å². The molecule has 1 N–H and O–H groups in total. The van der Waals surface area contributed by atoms with Crippen LogP contribution in [-0.4, -0.2) is 43.2 Å². The maximum atomic E-state index is 13.4. The van der Waals surface area contributed by atoms with Gasteiger partial charge in [0.05, 0.1) is 35.7 Å². The highest BCUT2D eigenvalue weighted by Crippen LogP contribution is 2.41. The molecule has 2 bridgehead atoms. The number of nitrogens with one attached hydrogen (secondary N) is 1. The molecule has 10 heteroatoms. The largest absolute Gasteiger partial charge is 0.465 e. The van der Waals surface area contributed by atoms with Gasteiger partial charge in [-0.15, -0.1) is 0 Å². The van der Waals surface area contributed by atoms with E-state index in [2.05, 4.69) is 15.2 Å². The molecular formula is C25H21F3N4O3. The molecule has 0 unspecified atom stereocenters. The van der Waals surface area contributed by atoms with Crippen LogP contribution in [0.4, 0.5) is 35.2 Å². The van der Waals surface area contributed by atoms with E-state index in [1.165, 1.54) is 19.2 Å². The predicted octanol–water partition coefficient (Wildman–Crippen LogP) is 5.18. The van der Waals surface area contributed by atoms with E-state index in [4.69, 9.17) is 4.74 Å². The number of pyridine rings is 1. The number of hydrogen-bond donors (Lipinski definition) is 1. The molecule has 7 nitrogen and oxygen atoms in total. The molecule has 0 radical (unpaired) electrons. The number of rotatable bonds is 3. The number of anilines is 3. The number of methoxy groups -OCH3 is 1. The lowest BCUT2D eigenvalue weighted by atomic mass is 10.1. The van der Waals surface area contributed by atoms with E-state index in [1.807, 2.05) is 0 Å². The minimum Gasteiger partial charge on any atom is -0.465 e. The molecule has 1 aromatic heterocycles. The van der Waals surface area contributed by atoms with Crippen LogP contribution in [0.3, 0.4) is 0 Å². The van der Waals surface area contributed by atoms with Crippen molar-refractivity contribution in [2.24, 2.45) is 0 Å². The molecule has 1 fully saturated rings. The molecular weight excluding hydrogens is 461 g/mol. The summed E-state index contributed by atoms with van der Waals surface area (Å²) in [4.78, 5) is 33.5. The summed E-state index contributed by atoms with van der Waals surface area (Å²) in [6.07, 6.45) is -3.75. The van der Waals surface area contributed by atoms with Crippen LogP contribution in [0.1, 0.15) is 22.3 Å². The minimum absolute atomic E-state index is 0.143. The molecule has 2 aromatic carbocycles. The summed E-state index contributed by atoms with van der Waals surface area (Å²) < 4.78 is 44.4. The Morgan fingerprint density at radius 3 is 2.66 bits per heavy atom. The number of fused-ring (bicyclic) bond motifs is 4. The van der Waals surface area contributed by atoms with Crippen molar-refractivity contribution in [1.82, 2.24) is 4.98 Å². The summed E-state index contributed by atoms with van der Waals surface area (Å²) in [5, 5.41) is 2.81. The Bertz CT molecular complexity index is 1310. The number of carbonyl (C=O) groups is 2. The molecule has 2 aliphatic rings. The second-order valence-corrected chi connectivity index (χ2v) is 8.38. The van der Waals surface area contributed by atoms with Gasteiger partial charge in [-0.05, 0) is 48.9 Å². The van der Waals surface area contributed by atoms with Crippen molar-refractivity contribution in [2.45, 2.75) is 18.6 Å². The number of ether oxygens (including phenoxy) is 1. The second-order valence-electron chi connectivity index (χ2n) is 8.38. The SMILES string of the molecule is COC(=O)c1cccc(NC(=O)N2c3nc(-c4cccc(C(F)(F)F)c4)ccc3N3CC[C@H]2C3)c1. The summed E-state index contributed by atoms with van der Waals surface area (Å²) in [5.74, 6) is -0.140. The summed E-state index contributed by atoms with van der Waals surface area (Å²) >= 11 is 0. The Labute approximate surface area is 199 Å². The fourth-order valence-corrected chi connectivity index (χ4v) is 4.51. The van der Waals surface area contributed by atoms with Crippen LogP contribution in [-0.2, 0) is 10.9 Å². The van der Waals surface area contributed by atoms with Crippen molar-refractivity contribution in [3.63, 3.8) is 0 Å². The monoisotopic (exact) mass is 482 g/mol. The number of alkyl halides is 3. The highest BCUT2D eigenvalue weighted by molar-refractivity contribution is 6.05. The number of benzene rings is 2. The third kappa shape index (κ3) is 4.27. The normalized spacial score (nSPS) is 16.6. The average molecular weight is 482 g/mol. The molecule has 2 aliphatic heterocycles. The van der Waals surface area contributed by atoms with E-state index in [-0.39, 0.29) is 6.04 Å². The Morgan fingerprint density at radius 2 is 1.89 bits per heavy atom. The van der Waals surface area contributed by atoms with Crippen LogP contribution in [0, 0.1) is 0 Å². The highest BCUT2D eigenvalue weighted by Gasteiger charge is 2.40. The van der Waals surface area contributed by atoms with Crippen LogP contribution in [0.5, 0.6) is 0 Å². The van der Waals surface area contributed by atoms with E-state index in [0.29, 0.717) is 34.9 Å². The molecule has 0 spiro atoms. The van der Waals surface area contributed by atoms with Gasteiger partial charge >= 0.3 is 18.2 Å². The molecule has 2 amide bonds. The van der Waals surface area contributed by atoms with Crippen LogP contribution >= 0.6 is 0 Å². The molecule has 180 valence electrons. The van der Waals surface area contributed by atoms with Gasteiger partial charge in [-0.1, -0.05) is 18.2 Å². The second kappa shape index (κ2) is 8.61. The minimum atomic E-state index is -4.47. The Balaban J connectivity index is 1.49. The zero-order valence-corrected chi connectivity index (χ0v) is 18.7. The van der Waals surface area contributed by atoms with Gasteiger partial charge in [0.1, 0.15) is 0 Å². The molecule has 0 aliphatic carbocycles. The van der Waals surface area contributed by atoms with E-state index >= 15 is 0 Å². The third-order valence-electron chi connectivity index (χ3n) is 6.19. The van der Waals surface area contributed by atoms with Crippen molar-refractivity contribution in [3.05, 3.63) is 71.8 Å². The molecule has 35 heavy (non-hydrogen) atoms. The first kappa shape index (κ1) is 22.7. The average Bonchev–Trinajstić information content (AvgIpc) is 3.27. The van der Waals surface area contributed by atoms with E-state index in [0.717, 1.165) is 30.8 Å². The first-order valence-electron chi connectivity index (χ1n) is 11.0. The van der Waals surface area contributed by atoms with E-state index < -0.39 is 23.7 Å². The van der Waals surface area contributed by atoms with E-state index in [1.54, 1.807) is 41.3 Å². The van der Waals surface area contributed by atoms with Gasteiger partial charge in [0.15, 0.2) is 5.82 Å². The lowest BCUT2D eigenvalue weighted by Gasteiger charge is -2.36. The number of carbonyl (C=O) groups excluding carboxylic acids is 2. The Morgan fingerprint density at radius 1 is 1.09 bits per heavy atom. The molecule has 5 rings (SSSR count). The van der Waals surface area contributed by atoms with Crippen LogP contribution in [0.2, 0.25) is 0 Å². The first-order chi connectivity index (χ1) is 16.7. The van der Waals surface area contributed by atoms with Gasteiger partial charge in [0.25, 0.3) is 0 Å². The van der Waals surface area contributed by atoms with Gasteiger partial charge in [-0.3, -0.25) is 4.90 Å². The zero-order valence-electron chi connectivity index (χ0n) is 18.7. The number of hydrogen-bond acceptors (Lipinski definition) is 5. The van der Waals surface area contributed by atoms with Crippen LogP contribution in [0.15, 0.2) is 60.7 Å². The fraction of sp³-hybridized carbons (Fsp3) is 0.240. The van der Waals surface area contributed by atoms with Crippen molar-refractivity contribution < 1.29 is 27.5 Å². The smallest absolute Gasteiger partial charge is 0.416 e. The maximum absolute atomic E-state index is 13.4. The Kier molecular flexibility index (Phi) is 5.58. The van der Waals surface area contributed by atoms with E-state index in [9.17, 15) is 22.8 Å². The number of nitrogens with zero attached hydrogens (tertiary/aromatic N) is 3. The van der Waals surface area contributed by atoms with Crippen molar-refractivity contribution >= 4 is 29.2 Å². The van der Waals surface area contributed by atoms with Gasteiger partial charge in [0, 0.05) is 24.3 Å².